The molecule has 0 bridgehead atoms. The molecule has 0 saturated carbocycles. The van der Waals surface area contributed by atoms with Gasteiger partial charge in [0.15, 0.2) is 0 Å². The number of hydrogen-bond acceptors (Lipinski definition) is 3. The van der Waals surface area contributed by atoms with E-state index in [9.17, 15) is 23.9 Å². The monoisotopic (exact) mass is 470 g/mol. The summed E-state index contributed by atoms with van der Waals surface area (Å²) in [7, 11) is 0. The maximum absolute atomic E-state index is 13.5. The van der Waals surface area contributed by atoms with Gasteiger partial charge in [0, 0.05) is 41.7 Å². The average molecular weight is 471 g/mol. The molecular formula is C25H24ClFN2O4. The van der Waals surface area contributed by atoms with Gasteiger partial charge in [-0.1, -0.05) is 30.7 Å². The Bertz CT molecular complexity index is 1290. The molecule has 3 aromatic rings. The standard InChI is InChI=1S/C25H24ClFN2O4/c1-14(24(31)29-8-2-3-16(13-29)25(32)33)9-15-4-6-18-20(10-15)23(30)28-12-21(18)19-7-5-17(27)11-22(19)26/h4-7,10-12,14,16H,2-3,8-9,13H2,1H3,(H,28,30)(H,32,33)/t14-,16-/m0/s1. The molecule has 0 radical (unpaired) electrons. The minimum Gasteiger partial charge on any atom is -0.481 e. The zero-order valence-corrected chi connectivity index (χ0v) is 18.9. The van der Waals surface area contributed by atoms with Crippen LogP contribution < -0.4 is 5.56 Å². The van der Waals surface area contributed by atoms with E-state index in [-0.39, 0.29) is 29.0 Å². The van der Waals surface area contributed by atoms with Crippen molar-refractivity contribution in [1.82, 2.24) is 9.88 Å². The van der Waals surface area contributed by atoms with Gasteiger partial charge < -0.3 is 15.0 Å². The fourth-order valence-corrected chi connectivity index (χ4v) is 4.77. The van der Waals surface area contributed by atoms with E-state index in [0.29, 0.717) is 47.7 Å². The Hall–Kier alpha value is -3.19. The number of nitrogens with zero attached hydrogens (tertiary/aromatic N) is 1. The second-order valence-electron chi connectivity index (χ2n) is 8.60. The largest absolute Gasteiger partial charge is 0.481 e. The molecule has 8 heteroatoms. The van der Waals surface area contributed by atoms with Crippen molar-refractivity contribution < 1.29 is 19.1 Å². The van der Waals surface area contributed by atoms with E-state index in [1.165, 1.54) is 12.1 Å². The topological polar surface area (TPSA) is 90.5 Å². The third-order valence-corrected chi connectivity index (χ3v) is 6.55. The lowest BCUT2D eigenvalue weighted by molar-refractivity contribution is -0.146. The van der Waals surface area contributed by atoms with Gasteiger partial charge in [0.05, 0.1) is 10.9 Å². The summed E-state index contributed by atoms with van der Waals surface area (Å²) < 4.78 is 13.5. The first-order valence-electron chi connectivity index (χ1n) is 10.9. The van der Waals surface area contributed by atoms with Gasteiger partial charge in [0.2, 0.25) is 5.91 Å². The van der Waals surface area contributed by atoms with Gasteiger partial charge in [-0.25, -0.2) is 4.39 Å². The second-order valence-corrected chi connectivity index (χ2v) is 9.01. The number of fused-ring (bicyclic) bond motifs is 1. The Balaban J connectivity index is 1.59. The van der Waals surface area contributed by atoms with Gasteiger partial charge in [-0.3, -0.25) is 14.4 Å². The minimum atomic E-state index is -0.869. The highest BCUT2D eigenvalue weighted by Gasteiger charge is 2.30. The fraction of sp³-hybridized carbons (Fsp3) is 0.320. The molecule has 1 amide bonds. The van der Waals surface area contributed by atoms with Gasteiger partial charge >= 0.3 is 5.97 Å². The number of piperidine rings is 1. The quantitative estimate of drug-likeness (QED) is 0.575. The molecule has 4 rings (SSSR count). The molecule has 2 aromatic carbocycles. The first-order valence-corrected chi connectivity index (χ1v) is 11.2. The van der Waals surface area contributed by atoms with Crippen LogP contribution in [0.4, 0.5) is 4.39 Å². The highest BCUT2D eigenvalue weighted by Crippen LogP contribution is 2.33. The highest BCUT2D eigenvalue weighted by molar-refractivity contribution is 6.33. The van der Waals surface area contributed by atoms with Crippen molar-refractivity contribution in [2.75, 3.05) is 13.1 Å². The Morgan fingerprint density at radius 2 is 2.00 bits per heavy atom. The Morgan fingerprint density at radius 1 is 1.21 bits per heavy atom. The van der Waals surface area contributed by atoms with Crippen LogP contribution in [0.15, 0.2) is 47.4 Å². The van der Waals surface area contributed by atoms with Crippen LogP contribution in [0.2, 0.25) is 5.02 Å². The van der Waals surface area contributed by atoms with Gasteiger partial charge in [-0.05, 0) is 54.5 Å². The molecule has 33 heavy (non-hydrogen) atoms. The molecule has 1 aliphatic heterocycles. The Labute approximate surface area is 195 Å². The number of likely N-dealkylation sites (tertiary alicyclic amines) is 1. The first kappa shape index (κ1) is 23.0. The van der Waals surface area contributed by atoms with Crippen LogP contribution in [0.5, 0.6) is 0 Å². The molecule has 1 aliphatic rings. The van der Waals surface area contributed by atoms with Crippen molar-refractivity contribution in [1.29, 1.82) is 0 Å². The van der Waals surface area contributed by atoms with Crippen molar-refractivity contribution in [3.63, 3.8) is 0 Å². The molecule has 1 saturated heterocycles. The molecule has 2 atom stereocenters. The van der Waals surface area contributed by atoms with E-state index in [2.05, 4.69) is 4.98 Å². The molecule has 172 valence electrons. The number of hydrogen-bond donors (Lipinski definition) is 2. The summed E-state index contributed by atoms with van der Waals surface area (Å²) in [5.41, 5.74) is 1.84. The van der Waals surface area contributed by atoms with Crippen molar-refractivity contribution in [3.8, 4) is 11.1 Å². The molecule has 1 aromatic heterocycles. The number of benzene rings is 2. The molecule has 0 spiro atoms. The number of halogens is 2. The van der Waals surface area contributed by atoms with Gasteiger partial charge in [-0.15, -0.1) is 0 Å². The van der Waals surface area contributed by atoms with Crippen LogP contribution in [-0.4, -0.2) is 40.0 Å². The number of pyridine rings is 1. The van der Waals surface area contributed by atoms with Crippen LogP contribution in [0.25, 0.3) is 21.9 Å². The zero-order valence-electron chi connectivity index (χ0n) is 18.1. The lowest BCUT2D eigenvalue weighted by atomic mass is 9.93. The van der Waals surface area contributed by atoms with E-state index in [4.69, 9.17) is 11.6 Å². The predicted molar refractivity (Wildman–Crippen MR) is 125 cm³/mol. The number of rotatable bonds is 5. The third kappa shape index (κ3) is 4.78. The third-order valence-electron chi connectivity index (χ3n) is 6.23. The van der Waals surface area contributed by atoms with E-state index >= 15 is 0 Å². The normalized spacial score (nSPS) is 17.2. The average Bonchev–Trinajstić information content (AvgIpc) is 2.79. The second kappa shape index (κ2) is 9.35. The van der Waals surface area contributed by atoms with Crippen molar-refractivity contribution >= 4 is 34.2 Å². The number of aromatic amines is 1. The first-order chi connectivity index (χ1) is 15.7. The van der Waals surface area contributed by atoms with Gasteiger partial charge in [0.1, 0.15) is 5.82 Å². The van der Waals surface area contributed by atoms with Crippen LogP contribution in [0.3, 0.4) is 0 Å². The summed E-state index contributed by atoms with van der Waals surface area (Å²) in [6, 6.07) is 9.55. The molecule has 0 unspecified atom stereocenters. The summed E-state index contributed by atoms with van der Waals surface area (Å²) in [6.07, 6.45) is 3.24. The molecular weight excluding hydrogens is 447 g/mol. The zero-order chi connectivity index (χ0) is 23.7. The van der Waals surface area contributed by atoms with Crippen LogP contribution in [-0.2, 0) is 16.0 Å². The number of aliphatic carboxylic acids is 1. The number of nitrogens with one attached hydrogen (secondary N) is 1. The summed E-state index contributed by atoms with van der Waals surface area (Å²) in [4.78, 5) is 41.1. The minimum absolute atomic E-state index is 0.0817. The number of amides is 1. The number of carboxylic acids is 1. The Morgan fingerprint density at radius 3 is 2.73 bits per heavy atom. The molecule has 6 nitrogen and oxygen atoms in total. The van der Waals surface area contributed by atoms with Crippen LogP contribution in [0, 0.1) is 17.7 Å². The van der Waals surface area contributed by atoms with E-state index in [0.717, 1.165) is 5.56 Å². The molecule has 2 heterocycles. The summed E-state index contributed by atoms with van der Waals surface area (Å²) in [5, 5.41) is 10.6. The molecule has 2 N–H and O–H groups in total. The van der Waals surface area contributed by atoms with Gasteiger partial charge in [-0.2, -0.15) is 0 Å². The van der Waals surface area contributed by atoms with E-state index in [1.807, 2.05) is 19.1 Å². The maximum atomic E-state index is 13.5. The number of carbonyl (C=O) groups excluding carboxylic acids is 1. The van der Waals surface area contributed by atoms with Crippen molar-refractivity contribution in [2.24, 2.45) is 11.8 Å². The fourth-order valence-electron chi connectivity index (χ4n) is 4.50. The summed E-state index contributed by atoms with van der Waals surface area (Å²) in [6.45, 7) is 2.61. The van der Waals surface area contributed by atoms with E-state index in [1.54, 1.807) is 23.2 Å². The maximum Gasteiger partial charge on any atom is 0.308 e. The Kier molecular flexibility index (Phi) is 6.51. The summed E-state index contributed by atoms with van der Waals surface area (Å²) >= 11 is 6.23. The SMILES string of the molecule is C[C@@H](Cc1ccc2c(-c3ccc(F)cc3Cl)c[nH]c(=O)c2c1)C(=O)N1CCC[C@H](C(=O)O)C1. The molecule has 1 fully saturated rings. The van der Waals surface area contributed by atoms with Crippen LogP contribution >= 0.6 is 11.6 Å². The summed E-state index contributed by atoms with van der Waals surface area (Å²) in [5.74, 6) is -2.27. The lowest BCUT2D eigenvalue weighted by Gasteiger charge is -2.32. The van der Waals surface area contributed by atoms with E-state index < -0.39 is 17.7 Å². The smallest absolute Gasteiger partial charge is 0.308 e. The van der Waals surface area contributed by atoms with Crippen molar-refractivity contribution in [3.05, 3.63) is 69.4 Å². The highest BCUT2D eigenvalue weighted by atomic mass is 35.5. The van der Waals surface area contributed by atoms with Crippen LogP contribution in [0.1, 0.15) is 25.3 Å². The number of aromatic nitrogens is 1. The predicted octanol–water partition coefficient (Wildman–Crippen LogP) is 4.49. The lowest BCUT2D eigenvalue weighted by Crippen LogP contribution is -2.44. The molecule has 0 aliphatic carbocycles. The van der Waals surface area contributed by atoms with Gasteiger partial charge in [0.25, 0.3) is 5.56 Å². The number of H-pyrrole nitrogens is 1. The number of carboxylic acid groups (broad SMARTS) is 1. The van der Waals surface area contributed by atoms with Crippen molar-refractivity contribution in [2.45, 2.75) is 26.2 Å². The number of carbonyl (C=O) groups is 2.